The van der Waals surface area contributed by atoms with E-state index in [0.717, 1.165) is 57.7 Å². The highest BCUT2D eigenvalue weighted by Crippen LogP contribution is 2.41. The van der Waals surface area contributed by atoms with Crippen LogP contribution in [-0.4, -0.2) is 74.2 Å². The molecule has 1 N–H and O–H groups in total. The van der Waals surface area contributed by atoms with Gasteiger partial charge in [0.2, 0.25) is 0 Å². The van der Waals surface area contributed by atoms with Crippen molar-refractivity contribution >= 4 is 0 Å². The predicted octanol–water partition coefficient (Wildman–Crippen LogP) is 3.36. The smallest absolute Gasteiger partial charge is 0.0665 e. The zero-order valence-electron chi connectivity index (χ0n) is 18.4. The third-order valence-corrected chi connectivity index (χ3v) is 8.80. The van der Waals surface area contributed by atoms with Crippen LogP contribution in [0.5, 0.6) is 0 Å². The fourth-order valence-electron chi connectivity index (χ4n) is 7.06. The van der Waals surface area contributed by atoms with Gasteiger partial charge < -0.3 is 19.5 Å². The molecule has 5 nitrogen and oxygen atoms in total. The molecule has 4 saturated heterocycles. The van der Waals surface area contributed by atoms with E-state index >= 15 is 0 Å². The summed E-state index contributed by atoms with van der Waals surface area (Å²) in [5, 5.41) is 3.84. The summed E-state index contributed by atoms with van der Waals surface area (Å²) < 4.78 is 19.3. The van der Waals surface area contributed by atoms with Gasteiger partial charge >= 0.3 is 0 Å². The molecule has 2 bridgehead atoms. The number of ether oxygens (including phenoxy) is 3. The third-order valence-electron chi connectivity index (χ3n) is 8.80. The molecule has 6 rings (SSSR count). The van der Waals surface area contributed by atoms with Crippen LogP contribution in [0.3, 0.4) is 0 Å². The molecule has 0 aromatic heterocycles. The van der Waals surface area contributed by atoms with Gasteiger partial charge in [-0.3, -0.25) is 4.90 Å². The van der Waals surface area contributed by atoms with Gasteiger partial charge in [0.15, 0.2) is 0 Å². The maximum absolute atomic E-state index is 6.74. The molecule has 0 amide bonds. The van der Waals surface area contributed by atoms with Crippen molar-refractivity contribution in [2.24, 2.45) is 11.8 Å². The monoisotopic (exact) mass is 406 g/mol. The highest BCUT2D eigenvalue weighted by atomic mass is 16.5. The Morgan fingerprint density at radius 2 is 1.83 bits per heavy atom. The molecule has 0 aromatic rings. The van der Waals surface area contributed by atoms with E-state index in [4.69, 9.17) is 14.2 Å². The number of morpholine rings is 1. The van der Waals surface area contributed by atoms with Gasteiger partial charge in [0.25, 0.3) is 0 Å². The van der Waals surface area contributed by atoms with E-state index in [2.05, 4.69) is 17.1 Å². The first-order valence-corrected chi connectivity index (χ1v) is 12.6. The molecular formula is C24H42N2O3. The molecule has 2 aliphatic carbocycles. The normalized spacial score (nSPS) is 47.5. The zero-order chi connectivity index (χ0) is 19.7. The standard InChI is InChI=1S/C24H42N2O3/c1-18-10-13-26-14-11-24(17-27-15-12-25-24)23(26)16-28-20-8-6-19(7-9-20)21-4-2-3-5-22(21)29-18/h18-23,25H,2-17H2,1H3/t18-,19?,20?,21?,22?,23-,24+/m0/s1. The van der Waals surface area contributed by atoms with Crippen LogP contribution < -0.4 is 5.32 Å². The van der Waals surface area contributed by atoms with Crippen molar-refractivity contribution in [2.75, 3.05) is 39.5 Å². The van der Waals surface area contributed by atoms with Crippen LogP contribution in [-0.2, 0) is 14.2 Å². The molecule has 4 heterocycles. The molecule has 5 atom stereocenters. The molecule has 1 spiro atoms. The lowest BCUT2D eigenvalue weighted by atomic mass is 9.71. The first kappa shape index (κ1) is 20.7. The van der Waals surface area contributed by atoms with Gasteiger partial charge in [0.05, 0.1) is 49.7 Å². The Balaban J connectivity index is 1.32. The summed E-state index contributed by atoms with van der Waals surface area (Å²) in [4.78, 5) is 2.68. The van der Waals surface area contributed by atoms with E-state index in [1.165, 1.54) is 57.8 Å². The van der Waals surface area contributed by atoms with E-state index in [1.54, 1.807) is 0 Å². The average Bonchev–Trinajstić information content (AvgIpc) is 3.08. The van der Waals surface area contributed by atoms with Crippen LogP contribution >= 0.6 is 0 Å². The van der Waals surface area contributed by atoms with Gasteiger partial charge in [-0.1, -0.05) is 12.8 Å². The minimum Gasteiger partial charge on any atom is -0.378 e. The van der Waals surface area contributed by atoms with Crippen molar-refractivity contribution in [3.63, 3.8) is 0 Å². The molecular weight excluding hydrogens is 364 g/mol. The number of hydrogen-bond acceptors (Lipinski definition) is 5. The van der Waals surface area contributed by atoms with Crippen LogP contribution in [0.4, 0.5) is 0 Å². The van der Waals surface area contributed by atoms with Gasteiger partial charge in [-0.15, -0.1) is 0 Å². The molecule has 0 radical (unpaired) electrons. The molecule has 2 unspecified atom stereocenters. The second kappa shape index (κ2) is 9.12. The molecule has 5 heteroatoms. The molecule has 6 fully saturated rings. The highest BCUT2D eigenvalue weighted by Gasteiger charge is 2.49. The first-order valence-electron chi connectivity index (χ1n) is 12.6. The van der Waals surface area contributed by atoms with E-state index in [1.807, 2.05) is 0 Å². The Hall–Kier alpha value is -0.200. The maximum atomic E-state index is 6.74. The number of rotatable bonds is 0. The average molecular weight is 407 g/mol. The van der Waals surface area contributed by atoms with Gasteiger partial charge in [0.1, 0.15) is 0 Å². The summed E-state index contributed by atoms with van der Waals surface area (Å²) in [6.45, 7) is 8.08. The van der Waals surface area contributed by atoms with Crippen LogP contribution in [0.25, 0.3) is 0 Å². The number of nitrogens with one attached hydrogen (secondary N) is 1. The summed E-state index contributed by atoms with van der Waals surface area (Å²) in [5.41, 5.74) is 0.0884. The van der Waals surface area contributed by atoms with Crippen molar-refractivity contribution in [3.8, 4) is 0 Å². The second-order valence-electron chi connectivity index (χ2n) is 10.5. The molecule has 4 aliphatic heterocycles. The summed E-state index contributed by atoms with van der Waals surface area (Å²) in [6.07, 6.45) is 14.2. The van der Waals surface area contributed by atoms with Crippen LogP contribution in [0.15, 0.2) is 0 Å². The Bertz CT molecular complexity index is 530. The van der Waals surface area contributed by atoms with Gasteiger partial charge in [-0.05, 0) is 70.1 Å². The molecule has 0 aromatic carbocycles. The number of hydrogen-bond donors (Lipinski definition) is 1. The fraction of sp³-hybridized carbons (Fsp3) is 1.00. The predicted molar refractivity (Wildman–Crippen MR) is 114 cm³/mol. The van der Waals surface area contributed by atoms with Gasteiger partial charge in [-0.25, -0.2) is 0 Å². The van der Waals surface area contributed by atoms with E-state index < -0.39 is 0 Å². The Labute approximate surface area is 177 Å². The quantitative estimate of drug-likeness (QED) is 0.668. The van der Waals surface area contributed by atoms with Crippen molar-refractivity contribution in [3.05, 3.63) is 0 Å². The third kappa shape index (κ3) is 4.41. The van der Waals surface area contributed by atoms with Crippen molar-refractivity contribution in [1.29, 1.82) is 0 Å². The number of fused-ring (bicyclic) bond motifs is 6. The summed E-state index contributed by atoms with van der Waals surface area (Å²) in [7, 11) is 0. The van der Waals surface area contributed by atoms with Gasteiger partial charge in [0, 0.05) is 19.6 Å². The fourth-order valence-corrected chi connectivity index (χ4v) is 7.06. The maximum Gasteiger partial charge on any atom is 0.0665 e. The molecule has 29 heavy (non-hydrogen) atoms. The first-order chi connectivity index (χ1) is 14.2. The zero-order valence-corrected chi connectivity index (χ0v) is 18.4. The number of nitrogens with zero attached hydrogens (tertiary/aromatic N) is 1. The van der Waals surface area contributed by atoms with Crippen molar-refractivity contribution in [1.82, 2.24) is 10.2 Å². The van der Waals surface area contributed by atoms with Crippen LogP contribution in [0, 0.1) is 11.8 Å². The Morgan fingerprint density at radius 1 is 0.966 bits per heavy atom. The lowest BCUT2D eigenvalue weighted by Gasteiger charge is -2.44. The molecule has 166 valence electrons. The van der Waals surface area contributed by atoms with Crippen molar-refractivity contribution in [2.45, 2.75) is 101 Å². The second-order valence-corrected chi connectivity index (χ2v) is 10.5. The Morgan fingerprint density at radius 3 is 2.66 bits per heavy atom. The lowest BCUT2D eigenvalue weighted by Crippen LogP contribution is -2.63. The molecule has 2 saturated carbocycles. The Kier molecular flexibility index (Phi) is 6.50. The topological polar surface area (TPSA) is 43.0 Å². The lowest BCUT2D eigenvalue weighted by molar-refractivity contribution is -0.0948. The van der Waals surface area contributed by atoms with Gasteiger partial charge in [-0.2, -0.15) is 0 Å². The summed E-state index contributed by atoms with van der Waals surface area (Å²) in [6, 6.07) is 0.429. The summed E-state index contributed by atoms with van der Waals surface area (Å²) >= 11 is 0. The van der Waals surface area contributed by atoms with E-state index in [0.29, 0.717) is 24.4 Å². The van der Waals surface area contributed by atoms with Crippen molar-refractivity contribution < 1.29 is 14.2 Å². The minimum absolute atomic E-state index is 0.0884. The largest absolute Gasteiger partial charge is 0.378 e. The summed E-state index contributed by atoms with van der Waals surface area (Å²) in [5.74, 6) is 1.65. The van der Waals surface area contributed by atoms with Crippen LogP contribution in [0.2, 0.25) is 0 Å². The van der Waals surface area contributed by atoms with Crippen LogP contribution in [0.1, 0.15) is 71.1 Å². The molecule has 6 aliphatic rings. The van der Waals surface area contributed by atoms with E-state index in [-0.39, 0.29) is 5.54 Å². The van der Waals surface area contributed by atoms with E-state index in [9.17, 15) is 0 Å². The minimum atomic E-state index is 0.0884. The SMILES string of the molecule is C[C@H]1CCN2CC[C@@]3(COCCN3)[C@@H]2COC2CCC(CC2)C2CCCCC2O1. The highest BCUT2D eigenvalue weighted by molar-refractivity contribution is 5.07.